The first kappa shape index (κ1) is 16.5. The predicted octanol–water partition coefficient (Wildman–Crippen LogP) is 4.11. The summed E-state index contributed by atoms with van der Waals surface area (Å²) in [6.07, 6.45) is 3.45. The van der Waals surface area contributed by atoms with Crippen LogP contribution in [-0.2, 0) is 0 Å². The van der Waals surface area contributed by atoms with Crippen molar-refractivity contribution in [3.63, 3.8) is 0 Å². The average Bonchev–Trinajstić information content (AvgIpc) is 2.40. The number of hydrogen-bond acceptors (Lipinski definition) is 2. The zero-order valence-electron chi connectivity index (χ0n) is 12.5. The topological polar surface area (TPSA) is 15.3 Å². The van der Waals surface area contributed by atoms with E-state index in [1.165, 1.54) is 12.0 Å². The summed E-state index contributed by atoms with van der Waals surface area (Å²) in [5, 5.41) is 4.48. The van der Waals surface area contributed by atoms with Gasteiger partial charge in [0.05, 0.1) is 0 Å². The molecule has 0 radical (unpaired) electrons. The monoisotopic (exact) mass is 282 g/mol. The Balaban J connectivity index is 2.64. The molecular weight excluding hydrogens is 256 g/mol. The molecule has 0 aliphatic carbocycles. The van der Waals surface area contributed by atoms with Crippen LogP contribution in [0.1, 0.15) is 44.7 Å². The molecule has 1 N–H and O–H groups in total. The van der Waals surface area contributed by atoms with Gasteiger partial charge < -0.3 is 10.2 Å². The maximum atomic E-state index is 6.32. The lowest BCUT2D eigenvalue weighted by atomic mass is 10.0. The smallest absolute Gasteiger partial charge is 0.0453 e. The summed E-state index contributed by atoms with van der Waals surface area (Å²) < 4.78 is 0. The van der Waals surface area contributed by atoms with E-state index in [0.717, 1.165) is 37.5 Å². The molecule has 3 heteroatoms. The molecule has 0 fully saturated rings. The summed E-state index contributed by atoms with van der Waals surface area (Å²) in [5.74, 6) is 0. The molecule has 1 aromatic carbocycles. The zero-order valence-corrected chi connectivity index (χ0v) is 13.2. The van der Waals surface area contributed by atoms with Gasteiger partial charge in [0.15, 0.2) is 0 Å². The molecule has 0 heterocycles. The summed E-state index contributed by atoms with van der Waals surface area (Å²) in [4.78, 5) is 2.39. The van der Waals surface area contributed by atoms with Gasteiger partial charge in [0.2, 0.25) is 0 Å². The van der Waals surface area contributed by atoms with Crippen molar-refractivity contribution in [1.82, 2.24) is 10.2 Å². The van der Waals surface area contributed by atoms with Crippen LogP contribution >= 0.6 is 11.6 Å². The maximum absolute atomic E-state index is 6.32. The lowest BCUT2D eigenvalue weighted by molar-refractivity contribution is 0.308. The Morgan fingerprint density at radius 1 is 1.16 bits per heavy atom. The molecule has 0 bridgehead atoms. The summed E-state index contributed by atoms with van der Waals surface area (Å²) in [7, 11) is 2.19. The van der Waals surface area contributed by atoms with Gasteiger partial charge in [0.1, 0.15) is 0 Å². The first-order chi connectivity index (χ1) is 9.19. The minimum Gasteiger partial charge on any atom is -0.310 e. The molecule has 0 aliphatic heterocycles. The minimum atomic E-state index is 0.355. The first-order valence-corrected chi connectivity index (χ1v) is 7.73. The molecule has 108 valence electrons. The van der Waals surface area contributed by atoms with E-state index < -0.39 is 0 Å². The zero-order chi connectivity index (χ0) is 14.1. The van der Waals surface area contributed by atoms with Crippen LogP contribution in [0, 0.1) is 0 Å². The van der Waals surface area contributed by atoms with E-state index in [9.17, 15) is 0 Å². The van der Waals surface area contributed by atoms with Crippen LogP contribution in [-0.4, -0.2) is 31.6 Å². The molecule has 1 unspecified atom stereocenters. The Morgan fingerprint density at radius 2 is 1.89 bits per heavy atom. The van der Waals surface area contributed by atoms with Gasteiger partial charge in [-0.2, -0.15) is 0 Å². The van der Waals surface area contributed by atoms with Crippen LogP contribution in [0.3, 0.4) is 0 Å². The molecule has 1 rings (SSSR count). The molecule has 0 aliphatic rings. The fraction of sp³-hybridized carbons (Fsp3) is 0.625. The van der Waals surface area contributed by atoms with Gasteiger partial charge >= 0.3 is 0 Å². The molecule has 19 heavy (non-hydrogen) atoms. The molecule has 1 aromatic rings. The predicted molar refractivity (Wildman–Crippen MR) is 84.9 cm³/mol. The standard InChI is InChI=1S/C16H27ClN2/c1-4-11-18-16(10-13-19(3)12-5-2)14-8-6-7-9-15(14)17/h6-9,16,18H,4-5,10-13H2,1-3H3. The van der Waals surface area contributed by atoms with Crippen LogP contribution in [0.2, 0.25) is 5.02 Å². The van der Waals surface area contributed by atoms with Crippen LogP contribution in [0.4, 0.5) is 0 Å². The van der Waals surface area contributed by atoms with Crippen LogP contribution in [0.25, 0.3) is 0 Å². The lowest BCUT2D eigenvalue weighted by Crippen LogP contribution is -2.28. The fourth-order valence-corrected chi connectivity index (χ4v) is 2.55. The van der Waals surface area contributed by atoms with E-state index in [1.54, 1.807) is 0 Å². The van der Waals surface area contributed by atoms with E-state index in [0.29, 0.717) is 6.04 Å². The molecule has 2 nitrogen and oxygen atoms in total. The molecule has 0 amide bonds. The molecular formula is C16H27ClN2. The molecule has 0 spiro atoms. The summed E-state index contributed by atoms with van der Waals surface area (Å²) in [6, 6.07) is 8.53. The van der Waals surface area contributed by atoms with E-state index in [-0.39, 0.29) is 0 Å². The van der Waals surface area contributed by atoms with Gasteiger partial charge in [-0.15, -0.1) is 0 Å². The highest BCUT2D eigenvalue weighted by Crippen LogP contribution is 2.25. The average molecular weight is 283 g/mol. The van der Waals surface area contributed by atoms with Gasteiger partial charge in [-0.25, -0.2) is 0 Å². The normalized spacial score (nSPS) is 12.9. The number of rotatable bonds is 9. The van der Waals surface area contributed by atoms with Crippen molar-refractivity contribution >= 4 is 11.6 Å². The number of benzene rings is 1. The second-order valence-electron chi connectivity index (χ2n) is 5.12. The molecule has 0 saturated heterocycles. The first-order valence-electron chi connectivity index (χ1n) is 7.35. The molecule has 0 aromatic heterocycles. The van der Waals surface area contributed by atoms with Crippen molar-refractivity contribution in [2.24, 2.45) is 0 Å². The molecule has 0 saturated carbocycles. The summed E-state index contributed by atoms with van der Waals surface area (Å²) >= 11 is 6.32. The highest BCUT2D eigenvalue weighted by Gasteiger charge is 2.14. The highest BCUT2D eigenvalue weighted by atomic mass is 35.5. The number of halogens is 1. The third kappa shape index (κ3) is 5.94. The summed E-state index contributed by atoms with van der Waals surface area (Å²) in [6.45, 7) is 7.70. The quantitative estimate of drug-likeness (QED) is 0.733. The van der Waals surface area contributed by atoms with Crippen molar-refractivity contribution in [2.45, 2.75) is 39.2 Å². The van der Waals surface area contributed by atoms with Gasteiger partial charge in [-0.1, -0.05) is 43.6 Å². The van der Waals surface area contributed by atoms with Gasteiger partial charge in [-0.3, -0.25) is 0 Å². The Morgan fingerprint density at radius 3 is 2.53 bits per heavy atom. The number of hydrogen-bond donors (Lipinski definition) is 1. The van der Waals surface area contributed by atoms with Gasteiger partial charge in [-0.05, 0) is 57.6 Å². The Hall–Kier alpha value is -0.570. The third-order valence-corrected chi connectivity index (χ3v) is 3.67. The Labute approximate surface area is 123 Å². The fourth-order valence-electron chi connectivity index (χ4n) is 2.29. The Bertz CT molecular complexity index is 354. The van der Waals surface area contributed by atoms with Crippen LogP contribution in [0.5, 0.6) is 0 Å². The van der Waals surface area contributed by atoms with Crippen LogP contribution in [0.15, 0.2) is 24.3 Å². The number of nitrogens with one attached hydrogen (secondary N) is 1. The minimum absolute atomic E-state index is 0.355. The van der Waals surface area contributed by atoms with E-state index >= 15 is 0 Å². The highest BCUT2D eigenvalue weighted by molar-refractivity contribution is 6.31. The Kier molecular flexibility index (Phi) is 8.11. The van der Waals surface area contributed by atoms with Crippen molar-refractivity contribution < 1.29 is 0 Å². The molecule has 1 atom stereocenters. The van der Waals surface area contributed by atoms with Crippen LogP contribution < -0.4 is 5.32 Å². The SMILES string of the molecule is CCCNC(CCN(C)CCC)c1ccccc1Cl. The second kappa shape index (κ2) is 9.35. The summed E-state index contributed by atoms with van der Waals surface area (Å²) in [5.41, 5.74) is 1.22. The number of nitrogens with zero attached hydrogens (tertiary/aromatic N) is 1. The van der Waals surface area contributed by atoms with Crippen molar-refractivity contribution in [1.29, 1.82) is 0 Å². The van der Waals surface area contributed by atoms with Crippen molar-refractivity contribution in [3.8, 4) is 0 Å². The van der Waals surface area contributed by atoms with E-state index in [1.807, 2.05) is 12.1 Å². The van der Waals surface area contributed by atoms with Gasteiger partial charge in [0.25, 0.3) is 0 Å². The lowest BCUT2D eigenvalue weighted by Gasteiger charge is -2.23. The van der Waals surface area contributed by atoms with E-state index in [4.69, 9.17) is 11.6 Å². The maximum Gasteiger partial charge on any atom is 0.0453 e. The van der Waals surface area contributed by atoms with Crippen molar-refractivity contribution in [3.05, 3.63) is 34.9 Å². The van der Waals surface area contributed by atoms with E-state index in [2.05, 4.69) is 43.2 Å². The largest absolute Gasteiger partial charge is 0.310 e. The third-order valence-electron chi connectivity index (χ3n) is 3.33. The van der Waals surface area contributed by atoms with Crippen molar-refractivity contribution in [2.75, 3.05) is 26.7 Å². The second-order valence-corrected chi connectivity index (χ2v) is 5.53. The van der Waals surface area contributed by atoms with Gasteiger partial charge in [0, 0.05) is 11.1 Å².